The lowest BCUT2D eigenvalue weighted by Gasteiger charge is -2.16. The molecule has 3 heteroatoms. The summed E-state index contributed by atoms with van der Waals surface area (Å²) in [7, 11) is 3.20. The summed E-state index contributed by atoms with van der Waals surface area (Å²) in [6, 6.07) is 10.9. The average molecular weight is 402 g/mol. The molecular weight excluding hydrogens is 365 g/mol. The van der Waals surface area contributed by atoms with Crippen LogP contribution in [-0.4, -0.2) is 18.3 Å². The number of hydrogen-bond acceptors (Lipinski definition) is 1. The van der Waals surface area contributed by atoms with Gasteiger partial charge in [-0.25, -0.2) is 0 Å². The van der Waals surface area contributed by atoms with Crippen molar-refractivity contribution in [3.63, 3.8) is 0 Å². The van der Waals surface area contributed by atoms with Crippen molar-refractivity contribution in [3.05, 3.63) is 35.9 Å². The zero-order valence-electron chi connectivity index (χ0n) is 15.2. The molecule has 23 heavy (non-hydrogen) atoms. The van der Waals surface area contributed by atoms with Crippen molar-refractivity contribution in [2.45, 2.75) is 77.3 Å². The molecule has 134 valence electrons. The average Bonchev–Trinajstić information content (AvgIpc) is 2.55. The Morgan fingerprint density at radius 2 is 1.30 bits per heavy atom. The number of halogens is 1. The van der Waals surface area contributed by atoms with Crippen molar-refractivity contribution in [2.24, 2.45) is 0 Å². The topological polar surface area (TPSA) is 3.24 Å². The lowest BCUT2D eigenvalue weighted by Crippen LogP contribution is -2.09. The van der Waals surface area contributed by atoms with Crippen LogP contribution in [0.25, 0.3) is 0 Å². The Morgan fingerprint density at radius 1 is 0.783 bits per heavy atom. The highest BCUT2D eigenvalue weighted by Crippen LogP contribution is 2.22. The van der Waals surface area contributed by atoms with Gasteiger partial charge in [0.15, 0.2) is 0 Å². The molecule has 0 fully saturated rings. The third-order valence-corrected chi connectivity index (χ3v) is 5.57. The Balaban J connectivity index is 0.00000484. The summed E-state index contributed by atoms with van der Waals surface area (Å²) in [5.74, 6) is 0. The summed E-state index contributed by atoms with van der Waals surface area (Å²) < 4.78 is 2.51. The largest absolute Gasteiger partial charge is 0.287 e. The van der Waals surface area contributed by atoms with E-state index < -0.39 is 0 Å². The van der Waals surface area contributed by atoms with E-state index in [9.17, 15) is 0 Å². The van der Waals surface area contributed by atoms with Gasteiger partial charge in [-0.2, -0.15) is 0 Å². The van der Waals surface area contributed by atoms with Crippen LogP contribution in [0.4, 0.5) is 0 Å². The molecule has 0 bridgehead atoms. The maximum Gasteiger partial charge on any atom is 0.00319 e. The van der Waals surface area contributed by atoms with Gasteiger partial charge in [-0.1, -0.05) is 95.0 Å². The van der Waals surface area contributed by atoms with Gasteiger partial charge in [0, 0.05) is 12.7 Å². The molecule has 1 aromatic carbocycles. The van der Waals surface area contributed by atoms with Gasteiger partial charge in [0.25, 0.3) is 0 Å². The molecule has 0 spiro atoms. The molecule has 0 radical (unpaired) electrons. The molecule has 0 amide bonds. The molecule has 0 heterocycles. The highest BCUT2D eigenvalue weighted by molar-refractivity contribution is 8.93. The fourth-order valence-corrected chi connectivity index (χ4v) is 3.74. The van der Waals surface area contributed by atoms with Crippen LogP contribution >= 0.6 is 25.7 Å². The van der Waals surface area contributed by atoms with E-state index in [4.69, 9.17) is 0 Å². The van der Waals surface area contributed by atoms with E-state index in [0.717, 1.165) is 8.73 Å². The molecule has 1 nitrogen and oxygen atoms in total. The molecule has 0 aliphatic rings. The summed E-state index contributed by atoms with van der Waals surface area (Å²) in [5.41, 5.74) is 1.47. The quantitative estimate of drug-likeness (QED) is 0.235. The van der Waals surface area contributed by atoms with Crippen molar-refractivity contribution in [1.82, 2.24) is 4.67 Å². The van der Waals surface area contributed by atoms with Gasteiger partial charge in [0.1, 0.15) is 0 Å². The zero-order chi connectivity index (χ0) is 15.9. The molecule has 1 rings (SSSR count). The van der Waals surface area contributed by atoms with Crippen molar-refractivity contribution in [3.8, 4) is 0 Å². The van der Waals surface area contributed by atoms with E-state index in [1.807, 2.05) is 0 Å². The van der Waals surface area contributed by atoms with Crippen molar-refractivity contribution >= 4 is 25.7 Å². The van der Waals surface area contributed by atoms with Crippen molar-refractivity contribution in [1.29, 1.82) is 0 Å². The van der Waals surface area contributed by atoms with Crippen LogP contribution in [0.3, 0.4) is 0 Å². The van der Waals surface area contributed by atoms with E-state index in [2.05, 4.69) is 49.0 Å². The van der Waals surface area contributed by atoms with Crippen LogP contribution in [-0.2, 0) is 6.16 Å². The van der Waals surface area contributed by atoms with Crippen molar-refractivity contribution < 1.29 is 0 Å². The molecule has 1 aromatic rings. The molecule has 0 aliphatic heterocycles. The second-order valence-corrected chi connectivity index (χ2v) is 7.86. The van der Waals surface area contributed by atoms with Crippen LogP contribution in [0, 0.1) is 0 Å². The Hall–Kier alpha value is 0.0900. The molecule has 0 saturated heterocycles. The Bertz CT molecular complexity index is 345. The number of hydrogen-bond donors (Lipinski definition) is 0. The van der Waals surface area contributed by atoms with Gasteiger partial charge in [0.2, 0.25) is 0 Å². The van der Waals surface area contributed by atoms with Crippen LogP contribution < -0.4 is 0 Å². The van der Waals surface area contributed by atoms with Gasteiger partial charge >= 0.3 is 0 Å². The van der Waals surface area contributed by atoms with E-state index in [1.54, 1.807) is 0 Å². The highest BCUT2D eigenvalue weighted by Gasteiger charge is 1.99. The SMILES string of the molecule is Br.CCCCCCCCCCCCN(C)PCc1ccccc1. The number of nitrogens with zero attached hydrogens (tertiary/aromatic N) is 1. The number of rotatable bonds is 14. The molecule has 1 atom stereocenters. The maximum absolute atomic E-state index is 2.51. The first-order chi connectivity index (χ1) is 10.8. The predicted octanol–water partition coefficient (Wildman–Crippen LogP) is 7.21. The first-order valence-electron chi connectivity index (χ1n) is 9.31. The summed E-state index contributed by atoms with van der Waals surface area (Å²) in [4.78, 5) is 0. The predicted molar refractivity (Wildman–Crippen MR) is 113 cm³/mol. The Labute approximate surface area is 157 Å². The second-order valence-electron chi connectivity index (χ2n) is 6.42. The minimum absolute atomic E-state index is 0. The van der Waals surface area contributed by atoms with Gasteiger partial charge in [-0.3, -0.25) is 4.67 Å². The van der Waals surface area contributed by atoms with E-state index in [1.165, 1.54) is 82.5 Å². The summed E-state index contributed by atoms with van der Waals surface area (Å²) in [5, 5.41) is 0. The summed E-state index contributed by atoms with van der Waals surface area (Å²) in [6.45, 7) is 3.55. The normalized spacial score (nSPS) is 11.3. The zero-order valence-corrected chi connectivity index (χ0v) is 17.9. The van der Waals surface area contributed by atoms with E-state index in [0.29, 0.717) is 0 Å². The Kier molecular flexibility index (Phi) is 17.0. The van der Waals surface area contributed by atoms with Gasteiger partial charge in [-0.15, -0.1) is 17.0 Å². The van der Waals surface area contributed by atoms with Gasteiger partial charge in [0.05, 0.1) is 0 Å². The molecule has 1 unspecified atom stereocenters. The molecule has 0 aromatic heterocycles. The van der Waals surface area contributed by atoms with Crippen molar-refractivity contribution in [2.75, 3.05) is 13.6 Å². The maximum atomic E-state index is 2.51. The van der Waals surface area contributed by atoms with E-state index in [-0.39, 0.29) is 17.0 Å². The first kappa shape index (κ1) is 23.1. The van der Waals surface area contributed by atoms with Crippen LogP contribution in [0.15, 0.2) is 30.3 Å². The molecular formula is C20H37BrNP. The third kappa shape index (κ3) is 14.2. The van der Waals surface area contributed by atoms with Crippen LogP contribution in [0.1, 0.15) is 76.7 Å². The van der Waals surface area contributed by atoms with Gasteiger partial charge in [-0.05, 0) is 27.8 Å². The molecule has 0 N–H and O–H groups in total. The second kappa shape index (κ2) is 16.9. The number of benzene rings is 1. The van der Waals surface area contributed by atoms with E-state index >= 15 is 0 Å². The third-order valence-electron chi connectivity index (χ3n) is 4.24. The molecule has 0 saturated carbocycles. The molecule has 0 aliphatic carbocycles. The highest BCUT2D eigenvalue weighted by atomic mass is 79.9. The lowest BCUT2D eigenvalue weighted by molar-refractivity contribution is 0.495. The summed E-state index contributed by atoms with van der Waals surface area (Å²) in [6.07, 6.45) is 15.5. The first-order valence-corrected chi connectivity index (χ1v) is 10.5. The minimum Gasteiger partial charge on any atom is -0.287 e. The fraction of sp³-hybridized carbons (Fsp3) is 0.700. The summed E-state index contributed by atoms with van der Waals surface area (Å²) >= 11 is 0. The Morgan fingerprint density at radius 3 is 1.87 bits per heavy atom. The lowest BCUT2D eigenvalue weighted by atomic mass is 10.1. The smallest absolute Gasteiger partial charge is 0.00319 e. The minimum atomic E-state index is 0. The standard InChI is InChI=1S/C20H36NP.BrH/c1-3-4-5-6-7-8-9-10-11-15-18-21(2)22-19-20-16-13-12-14-17-20;/h12-14,16-17,22H,3-11,15,18-19H2,1-2H3;1H. The van der Waals surface area contributed by atoms with Gasteiger partial charge < -0.3 is 0 Å². The fourth-order valence-electron chi connectivity index (χ4n) is 2.74. The number of unbranched alkanes of at least 4 members (excludes halogenated alkanes) is 9. The van der Waals surface area contributed by atoms with Crippen LogP contribution in [0.5, 0.6) is 0 Å². The monoisotopic (exact) mass is 401 g/mol. The van der Waals surface area contributed by atoms with Crippen LogP contribution in [0.2, 0.25) is 0 Å².